The fourth-order valence-electron chi connectivity index (χ4n) is 2.67. The van der Waals surface area contributed by atoms with Gasteiger partial charge in [-0.15, -0.1) is 0 Å². The molecular formula is C14H25ClN4. The summed E-state index contributed by atoms with van der Waals surface area (Å²) in [6, 6.07) is 1.10. The molecule has 2 atom stereocenters. The predicted octanol–water partition coefficient (Wildman–Crippen LogP) is 2.20. The summed E-state index contributed by atoms with van der Waals surface area (Å²) in [5.74, 6) is 0.653. The number of halogens is 1. The predicted molar refractivity (Wildman–Crippen MR) is 79.5 cm³/mol. The molecule has 0 bridgehead atoms. The zero-order chi connectivity index (χ0) is 14.2. The molecule has 1 aromatic rings. The largest absolute Gasteiger partial charge is 0.311 e. The van der Waals surface area contributed by atoms with Crippen LogP contribution in [-0.2, 0) is 13.6 Å². The summed E-state index contributed by atoms with van der Waals surface area (Å²) >= 11 is 6.34. The zero-order valence-corrected chi connectivity index (χ0v) is 13.3. The van der Waals surface area contributed by atoms with Crippen LogP contribution in [0.1, 0.15) is 32.0 Å². The van der Waals surface area contributed by atoms with Gasteiger partial charge in [0.15, 0.2) is 0 Å². The van der Waals surface area contributed by atoms with Crippen molar-refractivity contribution in [1.29, 1.82) is 0 Å². The Balaban J connectivity index is 2.12. The minimum atomic E-state index is 0.533. The first-order valence-electron chi connectivity index (χ1n) is 7.05. The molecule has 0 amide bonds. The topological polar surface area (TPSA) is 33.1 Å². The maximum atomic E-state index is 6.34. The van der Waals surface area contributed by atoms with E-state index in [-0.39, 0.29) is 0 Å². The zero-order valence-electron chi connectivity index (χ0n) is 12.6. The molecule has 108 valence electrons. The molecule has 1 aliphatic heterocycles. The van der Waals surface area contributed by atoms with Crippen LogP contribution in [0.25, 0.3) is 0 Å². The number of hydrogen-bond donors (Lipinski definition) is 1. The van der Waals surface area contributed by atoms with Gasteiger partial charge in [-0.05, 0) is 19.8 Å². The monoisotopic (exact) mass is 284 g/mol. The van der Waals surface area contributed by atoms with Crippen LogP contribution in [-0.4, -0.2) is 39.9 Å². The number of aryl methyl sites for hydroxylation is 2. The fraction of sp³-hybridized carbons (Fsp3) is 0.786. The molecule has 0 aliphatic carbocycles. The third kappa shape index (κ3) is 3.12. The lowest BCUT2D eigenvalue weighted by Gasteiger charge is -2.40. The van der Waals surface area contributed by atoms with Gasteiger partial charge in [0.25, 0.3) is 0 Å². The van der Waals surface area contributed by atoms with E-state index < -0.39 is 0 Å². The van der Waals surface area contributed by atoms with Gasteiger partial charge in [-0.3, -0.25) is 9.58 Å². The first-order chi connectivity index (χ1) is 8.90. The summed E-state index contributed by atoms with van der Waals surface area (Å²) in [5.41, 5.74) is 2.21. The Bertz CT molecular complexity index is 441. The second-order valence-electron chi connectivity index (χ2n) is 6.02. The van der Waals surface area contributed by atoms with E-state index in [1.807, 2.05) is 14.0 Å². The number of rotatable bonds is 3. The first kappa shape index (κ1) is 14.8. The highest BCUT2D eigenvalue weighted by Crippen LogP contribution is 2.23. The van der Waals surface area contributed by atoms with E-state index in [0.29, 0.717) is 18.0 Å². The molecule has 0 aromatic carbocycles. The van der Waals surface area contributed by atoms with Crippen LogP contribution in [0.15, 0.2) is 0 Å². The van der Waals surface area contributed by atoms with Crippen molar-refractivity contribution in [1.82, 2.24) is 20.0 Å². The second-order valence-corrected chi connectivity index (χ2v) is 6.37. The van der Waals surface area contributed by atoms with Gasteiger partial charge in [0.05, 0.1) is 5.69 Å². The minimum absolute atomic E-state index is 0.533. The molecule has 1 aliphatic rings. The van der Waals surface area contributed by atoms with Crippen molar-refractivity contribution in [2.75, 3.05) is 13.1 Å². The molecule has 4 nitrogen and oxygen atoms in total. The summed E-state index contributed by atoms with van der Waals surface area (Å²) in [6.45, 7) is 11.9. The minimum Gasteiger partial charge on any atom is -0.311 e. The van der Waals surface area contributed by atoms with Crippen LogP contribution in [0.3, 0.4) is 0 Å². The SMILES string of the molecule is Cc1nn(C)c(Cl)c1CN1CC(C(C)C)NCC1C. The Morgan fingerprint density at radius 2 is 2.16 bits per heavy atom. The molecule has 1 fully saturated rings. The van der Waals surface area contributed by atoms with Crippen LogP contribution in [0.5, 0.6) is 0 Å². The molecule has 2 unspecified atom stereocenters. The maximum absolute atomic E-state index is 6.34. The smallest absolute Gasteiger partial charge is 0.131 e. The van der Waals surface area contributed by atoms with E-state index in [9.17, 15) is 0 Å². The molecule has 0 radical (unpaired) electrons. The van der Waals surface area contributed by atoms with E-state index in [1.54, 1.807) is 4.68 Å². The fourth-order valence-corrected chi connectivity index (χ4v) is 2.91. The van der Waals surface area contributed by atoms with Gasteiger partial charge >= 0.3 is 0 Å². The van der Waals surface area contributed by atoms with Gasteiger partial charge in [-0.25, -0.2) is 0 Å². The Hall–Kier alpha value is -0.580. The van der Waals surface area contributed by atoms with Crippen LogP contribution in [0.4, 0.5) is 0 Å². The van der Waals surface area contributed by atoms with Crippen LogP contribution < -0.4 is 5.32 Å². The molecule has 5 heteroatoms. The van der Waals surface area contributed by atoms with Gasteiger partial charge in [-0.2, -0.15) is 5.10 Å². The van der Waals surface area contributed by atoms with Gasteiger partial charge in [0.1, 0.15) is 5.15 Å². The highest BCUT2D eigenvalue weighted by molar-refractivity contribution is 6.30. The van der Waals surface area contributed by atoms with Crippen LogP contribution in [0, 0.1) is 12.8 Å². The number of hydrogen-bond acceptors (Lipinski definition) is 3. The molecular weight excluding hydrogens is 260 g/mol. The Morgan fingerprint density at radius 3 is 2.68 bits per heavy atom. The van der Waals surface area contributed by atoms with Gasteiger partial charge in [0.2, 0.25) is 0 Å². The van der Waals surface area contributed by atoms with E-state index in [0.717, 1.165) is 30.5 Å². The van der Waals surface area contributed by atoms with E-state index >= 15 is 0 Å². The van der Waals surface area contributed by atoms with Crippen molar-refractivity contribution in [3.8, 4) is 0 Å². The molecule has 2 heterocycles. The average Bonchev–Trinajstić information content (AvgIpc) is 2.58. The molecule has 1 N–H and O–H groups in total. The van der Waals surface area contributed by atoms with Crippen LogP contribution in [0.2, 0.25) is 5.15 Å². The normalized spacial score (nSPS) is 25.2. The van der Waals surface area contributed by atoms with Crippen molar-refractivity contribution in [3.63, 3.8) is 0 Å². The molecule has 19 heavy (non-hydrogen) atoms. The molecule has 0 saturated carbocycles. The molecule has 1 aromatic heterocycles. The highest BCUT2D eigenvalue weighted by atomic mass is 35.5. The summed E-state index contributed by atoms with van der Waals surface area (Å²) in [4.78, 5) is 2.51. The lowest BCUT2D eigenvalue weighted by atomic mass is 9.99. The van der Waals surface area contributed by atoms with E-state index in [4.69, 9.17) is 11.6 Å². The summed E-state index contributed by atoms with van der Waals surface area (Å²) in [6.07, 6.45) is 0. The average molecular weight is 285 g/mol. The van der Waals surface area contributed by atoms with Crippen molar-refractivity contribution >= 4 is 11.6 Å². The third-order valence-electron chi connectivity index (χ3n) is 4.17. The Morgan fingerprint density at radius 1 is 1.47 bits per heavy atom. The van der Waals surface area contributed by atoms with Crippen molar-refractivity contribution in [2.24, 2.45) is 13.0 Å². The first-order valence-corrected chi connectivity index (χ1v) is 7.43. The maximum Gasteiger partial charge on any atom is 0.131 e. The van der Waals surface area contributed by atoms with Crippen molar-refractivity contribution in [2.45, 2.75) is 46.3 Å². The van der Waals surface area contributed by atoms with Crippen molar-refractivity contribution < 1.29 is 0 Å². The van der Waals surface area contributed by atoms with Gasteiger partial charge in [-0.1, -0.05) is 25.4 Å². The highest BCUT2D eigenvalue weighted by Gasteiger charge is 2.28. The summed E-state index contributed by atoms with van der Waals surface area (Å²) < 4.78 is 1.76. The Labute approximate surface area is 121 Å². The van der Waals surface area contributed by atoms with E-state index in [1.165, 1.54) is 5.56 Å². The van der Waals surface area contributed by atoms with Gasteiger partial charge in [0, 0.05) is 44.3 Å². The van der Waals surface area contributed by atoms with E-state index in [2.05, 4.69) is 36.1 Å². The third-order valence-corrected chi connectivity index (χ3v) is 4.64. The van der Waals surface area contributed by atoms with Gasteiger partial charge < -0.3 is 5.32 Å². The summed E-state index contributed by atoms with van der Waals surface area (Å²) in [7, 11) is 1.90. The number of piperazine rings is 1. The van der Waals surface area contributed by atoms with Crippen LogP contribution >= 0.6 is 11.6 Å². The second kappa shape index (κ2) is 5.81. The molecule has 2 rings (SSSR count). The lowest BCUT2D eigenvalue weighted by molar-refractivity contribution is 0.116. The molecule has 0 spiro atoms. The quantitative estimate of drug-likeness (QED) is 0.924. The Kier molecular flexibility index (Phi) is 4.54. The number of nitrogens with zero attached hydrogens (tertiary/aromatic N) is 3. The molecule has 1 saturated heterocycles. The number of nitrogens with one attached hydrogen (secondary N) is 1. The van der Waals surface area contributed by atoms with Crippen molar-refractivity contribution in [3.05, 3.63) is 16.4 Å². The lowest BCUT2D eigenvalue weighted by Crippen LogP contribution is -2.56. The standard InChI is InChI=1S/C14H25ClN4/c1-9(2)13-8-19(10(3)6-16-13)7-12-11(4)17-18(5)14(12)15/h9-10,13,16H,6-8H2,1-5H3. The summed E-state index contributed by atoms with van der Waals surface area (Å²) in [5, 5.41) is 8.79. The number of aromatic nitrogens is 2.